The number of thiophene rings is 1. The zero-order valence-electron chi connectivity index (χ0n) is 15.0. The summed E-state index contributed by atoms with van der Waals surface area (Å²) < 4.78 is 0. The number of carbonyl (C=O) groups is 2. The van der Waals surface area contributed by atoms with Gasteiger partial charge in [-0.1, -0.05) is 29.3 Å². The van der Waals surface area contributed by atoms with Crippen molar-refractivity contribution in [1.82, 2.24) is 4.90 Å². The van der Waals surface area contributed by atoms with E-state index >= 15 is 0 Å². The Kier molecular flexibility index (Phi) is 6.42. The third kappa shape index (κ3) is 4.82. The number of nitrogens with two attached hydrogens (primary N) is 1. The van der Waals surface area contributed by atoms with E-state index in [-0.39, 0.29) is 12.5 Å². The Morgan fingerprint density at radius 2 is 1.96 bits per heavy atom. The normalized spacial score (nSPS) is 13.5. The van der Waals surface area contributed by atoms with Crippen LogP contribution in [0.1, 0.15) is 39.2 Å². The predicted octanol–water partition coefficient (Wildman–Crippen LogP) is 4.10. The smallest absolute Gasteiger partial charge is 0.251 e. The summed E-state index contributed by atoms with van der Waals surface area (Å²) in [5, 5.41) is 4.44. The number of nitrogens with zero attached hydrogens (tertiary/aromatic N) is 1. The number of primary amides is 1. The highest BCUT2D eigenvalue weighted by Crippen LogP contribution is 2.37. The zero-order chi connectivity index (χ0) is 19.6. The molecular formula is C19H21Cl2N3O2S. The van der Waals surface area contributed by atoms with Crippen molar-refractivity contribution >= 4 is 51.4 Å². The summed E-state index contributed by atoms with van der Waals surface area (Å²) in [7, 11) is 1.84. The molecule has 0 atom stereocenters. The van der Waals surface area contributed by atoms with Gasteiger partial charge in [-0.25, -0.2) is 0 Å². The third-order valence-electron chi connectivity index (χ3n) is 4.52. The van der Waals surface area contributed by atoms with E-state index < -0.39 is 5.91 Å². The van der Waals surface area contributed by atoms with Gasteiger partial charge >= 0.3 is 0 Å². The average Bonchev–Trinajstić information content (AvgIpc) is 2.95. The number of amides is 2. The van der Waals surface area contributed by atoms with E-state index in [1.54, 1.807) is 12.1 Å². The summed E-state index contributed by atoms with van der Waals surface area (Å²) in [6.45, 7) is 0.731. The van der Waals surface area contributed by atoms with Crippen LogP contribution in [0.3, 0.4) is 0 Å². The van der Waals surface area contributed by atoms with Crippen LogP contribution >= 0.6 is 34.5 Å². The molecule has 5 nitrogen and oxygen atoms in total. The lowest BCUT2D eigenvalue weighted by atomic mass is 9.95. The molecule has 2 aromatic rings. The number of hydrogen-bond donors (Lipinski definition) is 2. The van der Waals surface area contributed by atoms with Crippen molar-refractivity contribution in [3.8, 4) is 0 Å². The first-order chi connectivity index (χ1) is 12.8. The topological polar surface area (TPSA) is 75.4 Å². The van der Waals surface area contributed by atoms with Crippen LogP contribution in [-0.4, -0.2) is 30.3 Å². The number of fused-ring (bicyclic) bond motifs is 1. The minimum absolute atomic E-state index is 0.182. The van der Waals surface area contributed by atoms with E-state index in [9.17, 15) is 9.59 Å². The maximum Gasteiger partial charge on any atom is 0.251 e. The number of likely N-dealkylation sites (N-methyl/N-ethyl adjacent to an activating group) is 1. The average molecular weight is 426 g/mol. The maximum atomic E-state index is 12.5. The molecule has 0 radical (unpaired) electrons. The Morgan fingerprint density at radius 1 is 1.22 bits per heavy atom. The van der Waals surface area contributed by atoms with E-state index in [0.717, 1.165) is 41.7 Å². The molecule has 0 spiro atoms. The quantitative estimate of drug-likeness (QED) is 0.730. The molecule has 1 aromatic heterocycles. The fourth-order valence-electron chi connectivity index (χ4n) is 3.33. The summed E-state index contributed by atoms with van der Waals surface area (Å²) in [5.41, 5.74) is 8.03. The number of benzene rings is 1. The van der Waals surface area contributed by atoms with Crippen LogP contribution in [0.25, 0.3) is 0 Å². The van der Waals surface area contributed by atoms with Crippen molar-refractivity contribution in [2.75, 3.05) is 18.9 Å². The molecule has 3 rings (SSSR count). The Labute approximate surface area is 172 Å². The molecule has 0 saturated heterocycles. The number of halogens is 2. The van der Waals surface area contributed by atoms with Crippen molar-refractivity contribution in [3.63, 3.8) is 0 Å². The lowest BCUT2D eigenvalue weighted by Crippen LogP contribution is -2.30. The van der Waals surface area contributed by atoms with Gasteiger partial charge in [-0.3, -0.25) is 14.5 Å². The van der Waals surface area contributed by atoms with Gasteiger partial charge in [0.2, 0.25) is 5.91 Å². The molecule has 0 aliphatic heterocycles. The first-order valence-electron chi connectivity index (χ1n) is 8.72. The Morgan fingerprint density at radius 3 is 2.67 bits per heavy atom. The lowest BCUT2D eigenvalue weighted by molar-refractivity contribution is -0.117. The number of anilines is 1. The lowest BCUT2D eigenvalue weighted by Gasteiger charge is -2.16. The van der Waals surface area contributed by atoms with Gasteiger partial charge in [-0.05, 0) is 56.0 Å². The molecular weight excluding hydrogens is 405 g/mol. The number of nitrogens with one attached hydrogen (secondary N) is 1. The van der Waals surface area contributed by atoms with Crippen LogP contribution in [0.4, 0.5) is 5.00 Å². The van der Waals surface area contributed by atoms with Gasteiger partial charge in [-0.2, -0.15) is 0 Å². The summed E-state index contributed by atoms with van der Waals surface area (Å²) in [6.07, 6.45) is 3.93. The molecule has 1 aliphatic rings. The first-order valence-corrected chi connectivity index (χ1v) is 10.3. The zero-order valence-corrected chi connectivity index (χ0v) is 17.3. The van der Waals surface area contributed by atoms with Crippen molar-refractivity contribution in [2.24, 2.45) is 5.73 Å². The molecule has 2 amide bonds. The molecule has 0 bridgehead atoms. The third-order valence-corrected chi connectivity index (χ3v) is 6.47. The van der Waals surface area contributed by atoms with Crippen LogP contribution in [0.15, 0.2) is 18.2 Å². The van der Waals surface area contributed by atoms with Crippen LogP contribution in [0, 0.1) is 0 Å². The van der Waals surface area contributed by atoms with E-state index in [0.29, 0.717) is 27.2 Å². The Hall–Kier alpha value is -1.60. The van der Waals surface area contributed by atoms with Crippen LogP contribution in [-0.2, 0) is 24.2 Å². The highest BCUT2D eigenvalue weighted by atomic mass is 35.5. The molecule has 1 heterocycles. The van der Waals surface area contributed by atoms with E-state index in [1.165, 1.54) is 11.3 Å². The minimum atomic E-state index is -0.478. The van der Waals surface area contributed by atoms with Gasteiger partial charge in [0.05, 0.1) is 22.2 Å². The van der Waals surface area contributed by atoms with Crippen molar-refractivity contribution in [2.45, 2.75) is 32.2 Å². The van der Waals surface area contributed by atoms with Crippen LogP contribution in [0.5, 0.6) is 0 Å². The predicted molar refractivity (Wildman–Crippen MR) is 111 cm³/mol. The summed E-state index contributed by atoms with van der Waals surface area (Å²) >= 11 is 13.4. The van der Waals surface area contributed by atoms with E-state index in [4.69, 9.17) is 28.9 Å². The molecule has 3 N–H and O–H groups in total. The highest BCUT2D eigenvalue weighted by molar-refractivity contribution is 7.17. The number of hydrogen-bond acceptors (Lipinski definition) is 4. The fraction of sp³-hybridized carbons (Fsp3) is 0.368. The van der Waals surface area contributed by atoms with Crippen molar-refractivity contribution in [3.05, 3.63) is 49.8 Å². The van der Waals surface area contributed by atoms with Gasteiger partial charge in [0.15, 0.2) is 0 Å². The molecule has 144 valence electrons. The molecule has 0 fully saturated rings. The van der Waals surface area contributed by atoms with Crippen molar-refractivity contribution in [1.29, 1.82) is 0 Å². The standard InChI is InChI=1S/C19H21Cl2N3O2S/c1-24(9-11-6-7-13(20)14(21)8-11)10-16(25)23-19-17(18(22)26)12-4-2-3-5-15(12)27-19/h6-8H,2-5,9-10H2,1H3,(H2,22,26)(H,23,25). The second-order valence-electron chi connectivity index (χ2n) is 6.75. The summed E-state index contributed by atoms with van der Waals surface area (Å²) in [5.74, 6) is -0.660. The monoisotopic (exact) mass is 425 g/mol. The number of aryl methyl sites for hydroxylation is 1. The highest BCUT2D eigenvalue weighted by Gasteiger charge is 2.25. The first kappa shape index (κ1) is 20.1. The molecule has 0 saturated carbocycles. The summed E-state index contributed by atoms with van der Waals surface area (Å²) in [6, 6.07) is 5.40. The molecule has 8 heteroatoms. The van der Waals surface area contributed by atoms with Gasteiger partial charge in [0.1, 0.15) is 5.00 Å². The van der Waals surface area contributed by atoms with Gasteiger partial charge in [0.25, 0.3) is 5.91 Å². The van der Waals surface area contributed by atoms with Gasteiger partial charge in [0, 0.05) is 11.4 Å². The second-order valence-corrected chi connectivity index (χ2v) is 8.67. The molecule has 1 aromatic carbocycles. The van der Waals surface area contributed by atoms with Gasteiger partial charge in [-0.15, -0.1) is 11.3 Å². The molecule has 27 heavy (non-hydrogen) atoms. The largest absolute Gasteiger partial charge is 0.365 e. The Bertz CT molecular complexity index is 882. The number of rotatable bonds is 6. The van der Waals surface area contributed by atoms with Crippen LogP contribution in [0.2, 0.25) is 10.0 Å². The Balaban J connectivity index is 1.66. The van der Waals surface area contributed by atoms with Gasteiger partial charge < -0.3 is 11.1 Å². The van der Waals surface area contributed by atoms with E-state index in [1.807, 2.05) is 18.0 Å². The molecule has 0 unspecified atom stereocenters. The minimum Gasteiger partial charge on any atom is -0.365 e. The number of carbonyl (C=O) groups excluding carboxylic acids is 2. The maximum absolute atomic E-state index is 12.5. The SMILES string of the molecule is CN(CC(=O)Nc1sc2c(c1C(N)=O)CCCC2)Cc1ccc(Cl)c(Cl)c1. The second kappa shape index (κ2) is 8.61. The molecule has 1 aliphatic carbocycles. The van der Waals surface area contributed by atoms with Crippen molar-refractivity contribution < 1.29 is 9.59 Å². The van der Waals surface area contributed by atoms with Crippen LogP contribution < -0.4 is 11.1 Å². The summed E-state index contributed by atoms with van der Waals surface area (Å²) in [4.78, 5) is 27.4. The fourth-order valence-corrected chi connectivity index (χ4v) is 4.96. The van der Waals surface area contributed by atoms with E-state index in [2.05, 4.69) is 5.32 Å².